The minimum absolute atomic E-state index is 0.0719. The topological polar surface area (TPSA) is 117 Å². The first-order valence-corrected chi connectivity index (χ1v) is 18.5. The molecule has 48 heavy (non-hydrogen) atoms. The molecule has 2 heterocycles. The van der Waals surface area contributed by atoms with Crippen LogP contribution in [0.4, 0.5) is 11.4 Å². The summed E-state index contributed by atoms with van der Waals surface area (Å²) >= 11 is 13.2. The predicted octanol–water partition coefficient (Wildman–Crippen LogP) is 7.11. The monoisotopic (exact) mass is 728 g/mol. The fourth-order valence-electron chi connectivity index (χ4n) is 4.97. The summed E-state index contributed by atoms with van der Waals surface area (Å²) in [7, 11) is 0. The molecule has 0 saturated carbocycles. The van der Waals surface area contributed by atoms with Crippen LogP contribution < -0.4 is 20.1 Å². The highest BCUT2D eigenvalue weighted by atomic mass is 32.2. The Bertz CT molecular complexity index is 1420. The van der Waals surface area contributed by atoms with Crippen LogP contribution in [0.5, 0.6) is 11.5 Å². The van der Waals surface area contributed by atoms with Gasteiger partial charge in [-0.05, 0) is 88.1 Å². The van der Waals surface area contributed by atoms with Gasteiger partial charge in [-0.1, -0.05) is 60.8 Å². The highest BCUT2D eigenvalue weighted by Crippen LogP contribution is 2.42. The third-order valence-corrected chi connectivity index (χ3v) is 10.4. The summed E-state index contributed by atoms with van der Waals surface area (Å²) in [4.78, 5) is 54.9. The third-order valence-electron chi connectivity index (χ3n) is 7.37. The largest absolute Gasteiger partial charge is 0.494 e. The smallest absolute Gasteiger partial charge is 0.267 e. The van der Waals surface area contributed by atoms with Crippen LogP contribution in [-0.4, -0.2) is 68.4 Å². The lowest BCUT2D eigenvalue weighted by atomic mass is 10.1. The Kier molecular flexibility index (Phi) is 14.7. The SMILES string of the molecule is CCOc1ccc(NC(=O)CCCCCN2C(=O)/C(=C3\SC(=S)N(CCCCCC(=O)Nc4ccc(OCC)cc4)C3=O)SC2=S)cc1. The zero-order valence-corrected chi connectivity index (χ0v) is 30.3. The van der Waals surface area contributed by atoms with Gasteiger partial charge in [0.05, 0.1) is 23.0 Å². The van der Waals surface area contributed by atoms with Crippen molar-refractivity contribution < 1.29 is 28.7 Å². The van der Waals surface area contributed by atoms with Crippen molar-refractivity contribution in [1.82, 2.24) is 9.80 Å². The summed E-state index contributed by atoms with van der Waals surface area (Å²) in [5.74, 6) is 0.804. The van der Waals surface area contributed by atoms with E-state index in [0.29, 0.717) is 94.7 Å². The molecular weight excluding hydrogens is 689 g/mol. The van der Waals surface area contributed by atoms with Gasteiger partial charge in [-0.15, -0.1) is 0 Å². The van der Waals surface area contributed by atoms with Crippen molar-refractivity contribution in [3.8, 4) is 11.5 Å². The van der Waals surface area contributed by atoms with Gasteiger partial charge in [-0.3, -0.25) is 29.0 Å². The van der Waals surface area contributed by atoms with Gasteiger partial charge in [0.2, 0.25) is 11.8 Å². The number of ether oxygens (including phenoxy) is 2. The molecule has 0 bridgehead atoms. The Hall–Kier alpha value is -3.46. The summed E-state index contributed by atoms with van der Waals surface area (Å²) in [5, 5.41) is 5.77. The van der Waals surface area contributed by atoms with Gasteiger partial charge in [0.15, 0.2) is 0 Å². The van der Waals surface area contributed by atoms with Gasteiger partial charge in [0.1, 0.15) is 20.1 Å². The lowest BCUT2D eigenvalue weighted by Crippen LogP contribution is -2.31. The minimum Gasteiger partial charge on any atom is -0.494 e. The Morgan fingerprint density at radius 3 is 1.35 bits per heavy atom. The van der Waals surface area contributed by atoms with Gasteiger partial charge >= 0.3 is 0 Å². The summed E-state index contributed by atoms with van der Waals surface area (Å²) in [6, 6.07) is 14.5. The van der Waals surface area contributed by atoms with E-state index in [1.807, 2.05) is 38.1 Å². The summed E-state index contributed by atoms with van der Waals surface area (Å²) < 4.78 is 11.7. The maximum absolute atomic E-state index is 13.3. The zero-order valence-electron chi connectivity index (χ0n) is 27.1. The Labute approximate surface area is 300 Å². The molecule has 0 atom stereocenters. The van der Waals surface area contributed by atoms with Gasteiger partial charge in [0, 0.05) is 37.3 Å². The number of carbonyl (C=O) groups is 4. The van der Waals surface area contributed by atoms with Crippen LogP contribution in [0.3, 0.4) is 0 Å². The molecule has 2 aromatic carbocycles. The van der Waals surface area contributed by atoms with E-state index in [9.17, 15) is 19.2 Å². The van der Waals surface area contributed by atoms with E-state index in [-0.39, 0.29) is 23.6 Å². The van der Waals surface area contributed by atoms with E-state index in [1.165, 1.54) is 9.80 Å². The lowest BCUT2D eigenvalue weighted by molar-refractivity contribution is -0.124. The Balaban J connectivity index is 1.15. The number of rotatable bonds is 18. The molecule has 4 amide bonds. The molecule has 0 aromatic heterocycles. The van der Waals surface area contributed by atoms with Crippen molar-refractivity contribution >= 4 is 91.6 Å². The van der Waals surface area contributed by atoms with Crippen molar-refractivity contribution in [2.45, 2.75) is 65.2 Å². The standard InChI is InChI=1S/C34H40N4O6S4/c1-3-43-25-17-13-23(14-18-25)35-27(39)11-7-5-9-21-37-31(41)29(47-33(37)45)30-32(42)38(34(46)48-30)22-10-6-8-12-28(40)36-24-15-19-26(20-16-24)44-4-2/h13-20H,3-12,21-22H2,1-2H3,(H,35,39)(H,36,40)/b30-29+. The molecule has 2 N–H and O–H groups in total. The molecule has 0 aliphatic carbocycles. The maximum atomic E-state index is 13.3. The number of unbranched alkanes of at least 4 members (excludes halogenated alkanes) is 4. The molecule has 2 aliphatic heterocycles. The van der Waals surface area contributed by atoms with E-state index < -0.39 is 0 Å². The fraction of sp³-hybridized carbons (Fsp3) is 0.412. The van der Waals surface area contributed by atoms with Crippen LogP contribution in [0, 0.1) is 0 Å². The van der Waals surface area contributed by atoms with E-state index >= 15 is 0 Å². The molecule has 0 spiro atoms. The predicted molar refractivity (Wildman–Crippen MR) is 200 cm³/mol. The second-order valence-corrected chi connectivity index (χ2v) is 14.2. The number of carbonyl (C=O) groups excluding carboxylic acids is 4. The Morgan fingerprint density at radius 2 is 1.00 bits per heavy atom. The average molecular weight is 729 g/mol. The molecule has 2 fully saturated rings. The van der Waals surface area contributed by atoms with Crippen molar-refractivity contribution in [3.63, 3.8) is 0 Å². The number of thioether (sulfide) groups is 2. The quantitative estimate of drug-likeness (QED) is 0.0935. The van der Waals surface area contributed by atoms with Crippen LogP contribution >= 0.6 is 48.0 Å². The number of hydrogen-bond donors (Lipinski definition) is 2. The first-order chi connectivity index (χ1) is 23.2. The van der Waals surface area contributed by atoms with Crippen LogP contribution in [0.15, 0.2) is 58.3 Å². The normalized spacial score (nSPS) is 16.1. The van der Waals surface area contributed by atoms with Crippen LogP contribution in [0.1, 0.15) is 65.2 Å². The highest BCUT2D eigenvalue weighted by molar-refractivity contribution is 8.29. The van der Waals surface area contributed by atoms with E-state index in [1.54, 1.807) is 24.3 Å². The van der Waals surface area contributed by atoms with Crippen molar-refractivity contribution in [2.24, 2.45) is 0 Å². The molecule has 0 unspecified atom stereocenters. The number of nitrogens with zero attached hydrogens (tertiary/aromatic N) is 2. The lowest BCUT2D eigenvalue weighted by Gasteiger charge is -2.14. The molecule has 2 saturated heterocycles. The van der Waals surface area contributed by atoms with Gasteiger partial charge in [-0.25, -0.2) is 0 Å². The Morgan fingerprint density at radius 1 is 0.625 bits per heavy atom. The number of amides is 4. The van der Waals surface area contributed by atoms with Crippen molar-refractivity contribution in [3.05, 3.63) is 58.3 Å². The maximum Gasteiger partial charge on any atom is 0.267 e. The molecule has 2 aromatic rings. The van der Waals surface area contributed by atoms with Crippen LogP contribution in [0.2, 0.25) is 0 Å². The summed E-state index contributed by atoms with van der Waals surface area (Å²) in [5.41, 5.74) is 1.43. The van der Waals surface area contributed by atoms with Crippen molar-refractivity contribution in [2.75, 3.05) is 36.9 Å². The van der Waals surface area contributed by atoms with Gasteiger partial charge in [-0.2, -0.15) is 0 Å². The highest BCUT2D eigenvalue weighted by Gasteiger charge is 2.41. The third kappa shape index (κ3) is 10.8. The zero-order chi connectivity index (χ0) is 34.5. The second kappa shape index (κ2) is 18.9. The number of benzene rings is 2. The molecular formula is C34H40N4O6S4. The fourth-order valence-corrected chi connectivity index (χ4v) is 7.74. The minimum atomic E-state index is -0.280. The number of hydrogen-bond acceptors (Lipinski definition) is 10. The molecule has 4 rings (SSSR count). The molecule has 14 heteroatoms. The van der Waals surface area contributed by atoms with Gasteiger partial charge in [0.25, 0.3) is 11.8 Å². The van der Waals surface area contributed by atoms with E-state index in [2.05, 4.69) is 10.6 Å². The van der Waals surface area contributed by atoms with Gasteiger partial charge < -0.3 is 20.1 Å². The van der Waals surface area contributed by atoms with Crippen molar-refractivity contribution in [1.29, 1.82) is 0 Å². The average Bonchev–Trinajstić information content (AvgIpc) is 3.51. The molecule has 10 nitrogen and oxygen atoms in total. The number of nitrogens with one attached hydrogen (secondary N) is 2. The molecule has 256 valence electrons. The number of thiocarbonyl (C=S) groups is 2. The molecule has 0 radical (unpaired) electrons. The first kappa shape index (κ1) is 37.4. The van der Waals surface area contributed by atoms with E-state index in [0.717, 1.165) is 47.9 Å². The van der Waals surface area contributed by atoms with E-state index in [4.69, 9.17) is 33.9 Å². The molecule has 2 aliphatic rings. The summed E-state index contributed by atoms with van der Waals surface area (Å²) in [6.07, 6.45) is 4.91. The first-order valence-electron chi connectivity index (χ1n) is 16.1. The number of anilines is 2. The summed E-state index contributed by atoms with van der Waals surface area (Å²) in [6.45, 7) is 5.83. The second-order valence-electron chi connectivity index (χ2n) is 10.9. The van der Waals surface area contributed by atoms with Crippen LogP contribution in [-0.2, 0) is 19.2 Å². The van der Waals surface area contributed by atoms with Crippen LogP contribution in [0.25, 0.3) is 0 Å².